The van der Waals surface area contributed by atoms with Crippen LogP contribution in [0.2, 0.25) is 0 Å². The number of hydrogen-bond acceptors (Lipinski definition) is 2. The van der Waals surface area contributed by atoms with Crippen molar-refractivity contribution in [2.75, 3.05) is 0 Å². The number of nitrogens with one attached hydrogen (secondary N) is 1. The molecule has 1 amide bonds. The van der Waals surface area contributed by atoms with Crippen LogP contribution < -0.4 is 5.32 Å². The van der Waals surface area contributed by atoms with Crippen molar-refractivity contribution in [1.29, 1.82) is 0 Å². The molecule has 5 heteroatoms. The van der Waals surface area contributed by atoms with Gasteiger partial charge in [-0.25, -0.2) is 9.18 Å². The van der Waals surface area contributed by atoms with E-state index in [0.717, 1.165) is 4.47 Å². The molecule has 0 unspecified atom stereocenters. The molecule has 0 aliphatic rings. The van der Waals surface area contributed by atoms with Crippen LogP contribution in [0.3, 0.4) is 0 Å². The molecule has 0 aliphatic carbocycles. The molecule has 0 bridgehead atoms. The summed E-state index contributed by atoms with van der Waals surface area (Å²) in [5, 5.41) is 2.74. The van der Waals surface area contributed by atoms with Gasteiger partial charge in [-0.1, -0.05) is 22.0 Å². The molecule has 0 spiro atoms. The maximum atomic E-state index is 14.1. The van der Waals surface area contributed by atoms with Crippen molar-refractivity contribution in [3.63, 3.8) is 0 Å². The molecule has 0 saturated carbocycles. The molecule has 3 nitrogen and oxygen atoms in total. The summed E-state index contributed by atoms with van der Waals surface area (Å²) in [4.78, 5) is 12.0. The minimum Gasteiger partial charge on any atom is -0.444 e. The Morgan fingerprint density at radius 2 is 2.05 bits per heavy atom. The number of carbonyl (C=O) groups excluding carboxylic acids is 1. The molecule has 0 aromatic heterocycles. The summed E-state index contributed by atoms with van der Waals surface area (Å²) in [7, 11) is 0. The molecular formula is C16H21BrFNO2. The number of halogens is 2. The van der Waals surface area contributed by atoms with Crippen molar-refractivity contribution >= 4 is 22.0 Å². The molecule has 1 aromatic rings. The van der Waals surface area contributed by atoms with Crippen molar-refractivity contribution in [3.05, 3.63) is 46.7 Å². The van der Waals surface area contributed by atoms with Gasteiger partial charge < -0.3 is 10.1 Å². The van der Waals surface area contributed by atoms with Gasteiger partial charge in [0, 0.05) is 10.0 Å². The van der Waals surface area contributed by atoms with E-state index in [1.807, 2.05) is 0 Å². The highest BCUT2D eigenvalue weighted by molar-refractivity contribution is 9.10. The SMILES string of the molecule is C=CC[C@](C)(NC(=O)OC(C)(C)C)c1cc(Br)ccc1F. The number of amides is 1. The lowest BCUT2D eigenvalue weighted by atomic mass is 9.88. The smallest absolute Gasteiger partial charge is 0.408 e. The zero-order chi connectivity index (χ0) is 16.3. The third-order valence-electron chi connectivity index (χ3n) is 2.85. The highest BCUT2D eigenvalue weighted by Crippen LogP contribution is 2.30. The lowest BCUT2D eigenvalue weighted by molar-refractivity contribution is 0.0460. The average molecular weight is 358 g/mol. The molecule has 1 aromatic carbocycles. The highest BCUT2D eigenvalue weighted by atomic mass is 79.9. The first-order valence-electron chi connectivity index (χ1n) is 6.65. The standard InChI is InChI=1S/C16H21BrFNO2/c1-6-9-16(5,19-14(20)21-15(2,3)4)12-10-11(17)7-8-13(12)18/h6-8,10H,1,9H2,2-5H3,(H,19,20)/t16-/m0/s1. The minimum absolute atomic E-state index is 0.375. The van der Waals surface area contributed by atoms with Crippen LogP contribution in [0.4, 0.5) is 9.18 Å². The van der Waals surface area contributed by atoms with Gasteiger partial charge in [-0.2, -0.15) is 0 Å². The Balaban J connectivity index is 3.11. The van der Waals surface area contributed by atoms with Gasteiger partial charge in [0.2, 0.25) is 0 Å². The topological polar surface area (TPSA) is 38.3 Å². The molecule has 0 radical (unpaired) electrons. The molecule has 1 rings (SSSR count). The van der Waals surface area contributed by atoms with Crippen molar-refractivity contribution in [2.24, 2.45) is 0 Å². The van der Waals surface area contributed by atoms with Crippen LogP contribution >= 0.6 is 15.9 Å². The lowest BCUT2D eigenvalue weighted by Crippen LogP contribution is -2.46. The predicted octanol–water partition coefficient (Wildman–Crippen LogP) is 4.90. The van der Waals surface area contributed by atoms with E-state index in [-0.39, 0.29) is 0 Å². The normalized spacial score (nSPS) is 14.2. The number of alkyl carbamates (subject to hydrolysis) is 1. The zero-order valence-electron chi connectivity index (χ0n) is 12.8. The molecule has 0 fully saturated rings. The van der Waals surface area contributed by atoms with E-state index < -0.39 is 23.1 Å². The van der Waals surface area contributed by atoms with E-state index in [4.69, 9.17) is 4.74 Å². The van der Waals surface area contributed by atoms with E-state index in [1.54, 1.807) is 45.9 Å². The summed E-state index contributed by atoms with van der Waals surface area (Å²) in [5.74, 6) is -0.390. The maximum absolute atomic E-state index is 14.1. The second-order valence-corrected chi connectivity index (χ2v) is 6.99. The molecule has 1 N–H and O–H groups in total. The van der Waals surface area contributed by atoms with Crippen LogP contribution in [0.25, 0.3) is 0 Å². The molecule has 0 aliphatic heterocycles. The Kier molecular flexibility index (Phi) is 5.56. The largest absolute Gasteiger partial charge is 0.444 e. The van der Waals surface area contributed by atoms with Gasteiger partial charge in [-0.05, 0) is 52.3 Å². The number of hydrogen-bond donors (Lipinski definition) is 1. The Morgan fingerprint density at radius 3 is 2.57 bits per heavy atom. The van der Waals surface area contributed by atoms with Gasteiger partial charge in [-0.15, -0.1) is 6.58 Å². The van der Waals surface area contributed by atoms with E-state index in [9.17, 15) is 9.18 Å². The monoisotopic (exact) mass is 357 g/mol. The van der Waals surface area contributed by atoms with Gasteiger partial charge in [0.25, 0.3) is 0 Å². The van der Waals surface area contributed by atoms with Crippen LogP contribution in [0.15, 0.2) is 35.3 Å². The van der Waals surface area contributed by atoms with Gasteiger partial charge in [0.05, 0.1) is 5.54 Å². The first kappa shape index (κ1) is 17.7. The van der Waals surface area contributed by atoms with Crippen LogP contribution in [0.5, 0.6) is 0 Å². The first-order chi connectivity index (χ1) is 9.57. The molecule has 21 heavy (non-hydrogen) atoms. The van der Waals surface area contributed by atoms with Crippen molar-refractivity contribution in [1.82, 2.24) is 5.32 Å². The van der Waals surface area contributed by atoms with Crippen LogP contribution in [-0.2, 0) is 10.3 Å². The summed E-state index contributed by atoms with van der Waals surface area (Å²) in [6.45, 7) is 10.7. The average Bonchev–Trinajstić information content (AvgIpc) is 2.29. The molecular weight excluding hydrogens is 337 g/mol. The Bertz CT molecular complexity index is 540. The van der Waals surface area contributed by atoms with Crippen molar-refractivity contribution in [3.8, 4) is 0 Å². The number of rotatable bonds is 4. The Morgan fingerprint density at radius 1 is 1.43 bits per heavy atom. The van der Waals surface area contributed by atoms with Crippen molar-refractivity contribution < 1.29 is 13.9 Å². The Hall–Kier alpha value is -1.36. The van der Waals surface area contributed by atoms with E-state index in [0.29, 0.717) is 12.0 Å². The zero-order valence-corrected chi connectivity index (χ0v) is 14.4. The van der Waals surface area contributed by atoms with Gasteiger partial charge in [0.15, 0.2) is 0 Å². The summed E-state index contributed by atoms with van der Waals surface area (Å²) < 4.78 is 20.1. The fraction of sp³-hybridized carbons (Fsp3) is 0.438. The van der Waals surface area contributed by atoms with Crippen LogP contribution in [-0.4, -0.2) is 11.7 Å². The molecule has 0 heterocycles. The van der Waals surface area contributed by atoms with Crippen LogP contribution in [0, 0.1) is 5.82 Å². The van der Waals surface area contributed by atoms with Gasteiger partial charge in [-0.3, -0.25) is 0 Å². The van der Waals surface area contributed by atoms with Gasteiger partial charge in [0.1, 0.15) is 11.4 Å². The van der Waals surface area contributed by atoms with Gasteiger partial charge >= 0.3 is 6.09 Å². The van der Waals surface area contributed by atoms with Crippen molar-refractivity contribution in [2.45, 2.75) is 45.3 Å². The second kappa shape index (κ2) is 6.60. The molecule has 116 valence electrons. The third kappa shape index (κ3) is 5.16. The summed E-state index contributed by atoms with van der Waals surface area (Å²) in [6, 6.07) is 4.62. The third-order valence-corrected chi connectivity index (χ3v) is 3.35. The van der Waals surface area contributed by atoms with E-state index >= 15 is 0 Å². The van der Waals surface area contributed by atoms with E-state index in [2.05, 4.69) is 27.8 Å². The molecule has 0 saturated heterocycles. The fourth-order valence-electron chi connectivity index (χ4n) is 1.97. The Labute approximate surface area is 133 Å². The predicted molar refractivity (Wildman–Crippen MR) is 85.6 cm³/mol. The second-order valence-electron chi connectivity index (χ2n) is 6.08. The number of benzene rings is 1. The highest BCUT2D eigenvalue weighted by Gasteiger charge is 2.32. The number of carbonyl (C=O) groups is 1. The summed E-state index contributed by atoms with van der Waals surface area (Å²) in [6.07, 6.45) is 1.42. The lowest BCUT2D eigenvalue weighted by Gasteiger charge is -2.32. The minimum atomic E-state index is -0.933. The fourth-order valence-corrected chi connectivity index (χ4v) is 2.33. The summed E-state index contributed by atoms with van der Waals surface area (Å²) >= 11 is 3.32. The van der Waals surface area contributed by atoms with E-state index in [1.165, 1.54) is 6.07 Å². The quantitative estimate of drug-likeness (QED) is 0.777. The first-order valence-corrected chi connectivity index (χ1v) is 7.44. The van der Waals surface area contributed by atoms with Crippen LogP contribution in [0.1, 0.15) is 39.7 Å². The summed E-state index contributed by atoms with van der Waals surface area (Å²) in [5.41, 5.74) is -1.17. The maximum Gasteiger partial charge on any atom is 0.408 e. The number of ether oxygens (including phenoxy) is 1. The molecule has 1 atom stereocenters.